The Labute approximate surface area is 154 Å². The van der Waals surface area contributed by atoms with Gasteiger partial charge in [0.05, 0.1) is 18.4 Å². The number of hydrogen-bond donors (Lipinski definition) is 1. The molecule has 0 unspecified atom stereocenters. The van der Waals surface area contributed by atoms with Gasteiger partial charge in [-0.1, -0.05) is 12.1 Å². The lowest BCUT2D eigenvalue weighted by Gasteiger charge is -2.17. The number of carbonyl (C=O) groups excluding carboxylic acids is 1. The smallest absolute Gasteiger partial charge is 0.281 e. The van der Waals surface area contributed by atoms with Crippen LogP contribution in [0.15, 0.2) is 30.0 Å². The van der Waals surface area contributed by atoms with E-state index in [4.69, 9.17) is 17.0 Å². The van der Waals surface area contributed by atoms with Crippen molar-refractivity contribution in [2.45, 2.75) is 0 Å². The van der Waals surface area contributed by atoms with Crippen molar-refractivity contribution in [3.63, 3.8) is 0 Å². The fraction of sp³-hybridized carbons (Fsp3) is 0.0588. The molecule has 4 nitrogen and oxygen atoms in total. The van der Waals surface area contributed by atoms with Crippen LogP contribution in [0.3, 0.4) is 0 Å². The molecule has 27 heavy (non-hydrogen) atoms. The summed E-state index contributed by atoms with van der Waals surface area (Å²) in [5.74, 6) is -11.2. The van der Waals surface area contributed by atoms with Crippen LogP contribution in [-0.4, -0.2) is 18.1 Å². The molecule has 0 atom stereocenters. The van der Waals surface area contributed by atoms with E-state index in [9.17, 15) is 26.7 Å². The molecule has 3 rings (SSSR count). The largest absolute Gasteiger partial charge is 0.495 e. The van der Waals surface area contributed by atoms with Gasteiger partial charge in [0, 0.05) is 0 Å². The van der Waals surface area contributed by atoms with Gasteiger partial charge in [0.1, 0.15) is 11.4 Å². The molecule has 1 aliphatic heterocycles. The van der Waals surface area contributed by atoms with Crippen LogP contribution in [0.4, 0.5) is 27.6 Å². The molecule has 1 N–H and O–H groups in total. The third kappa shape index (κ3) is 3.01. The Kier molecular flexibility index (Phi) is 4.83. The van der Waals surface area contributed by atoms with Crippen LogP contribution in [0.1, 0.15) is 5.56 Å². The molecule has 10 heteroatoms. The molecule has 1 amide bonds. The summed E-state index contributed by atoms with van der Waals surface area (Å²) in [6.07, 6.45) is 0.514. The van der Waals surface area contributed by atoms with Crippen LogP contribution >= 0.6 is 12.2 Å². The molecule has 2 aromatic carbocycles. The number of halogens is 5. The number of nitrogens with zero attached hydrogens (tertiary/aromatic N) is 1. The number of amides is 1. The predicted molar refractivity (Wildman–Crippen MR) is 90.4 cm³/mol. The normalized spacial score (nSPS) is 15.5. The molecule has 0 aromatic heterocycles. The van der Waals surface area contributed by atoms with E-state index in [1.54, 1.807) is 18.2 Å². The lowest BCUT2D eigenvalue weighted by atomic mass is 10.1. The summed E-state index contributed by atoms with van der Waals surface area (Å²) >= 11 is 5.04. The Bertz CT molecular complexity index is 980. The Morgan fingerprint density at radius 3 is 2.15 bits per heavy atom. The number of para-hydroxylation sites is 2. The maximum atomic E-state index is 13.8. The van der Waals surface area contributed by atoms with E-state index in [1.807, 2.05) is 0 Å². The van der Waals surface area contributed by atoms with Crippen molar-refractivity contribution in [3.05, 3.63) is 64.6 Å². The van der Waals surface area contributed by atoms with Crippen molar-refractivity contribution >= 4 is 35.0 Å². The van der Waals surface area contributed by atoms with Crippen molar-refractivity contribution in [1.82, 2.24) is 5.32 Å². The highest BCUT2D eigenvalue weighted by atomic mass is 32.1. The van der Waals surface area contributed by atoms with E-state index in [1.165, 1.54) is 13.2 Å². The number of benzene rings is 2. The van der Waals surface area contributed by atoms with Crippen molar-refractivity contribution in [3.8, 4) is 5.75 Å². The minimum Gasteiger partial charge on any atom is -0.495 e. The fourth-order valence-electron chi connectivity index (χ4n) is 2.46. The third-order valence-electron chi connectivity index (χ3n) is 3.74. The van der Waals surface area contributed by atoms with Gasteiger partial charge >= 0.3 is 0 Å². The zero-order chi connectivity index (χ0) is 19.9. The maximum Gasteiger partial charge on any atom is 0.281 e. The fourth-order valence-corrected chi connectivity index (χ4v) is 2.75. The molecule has 0 bridgehead atoms. The van der Waals surface area contributed by atoms with Crippen molar-refractivity contribution in [1.29, 1.82) is 0 Å². The molecular weight excluding hydrogens is 391 g/mol. The van der Waals surface area contributed by atoms with Gasteiger partial charge in [-0.25, -0.2) is 26.9 Å². The second-order valence-electron chi connectivity index (χ2n) is 5.28. The van der Waals surface area contributed by atoms with Crippen LogP contribution in [0.5, 0.6) is 5.75 Å². The highest BCUT2D eigenvalue weighted by molar-refractivity contribution is 7.80. The average molecular weight is 400 g/mol. The Hall–Kier alpha value is -3.01. The lowest BCUT2D eigenvalue weighted by molar-refractivity contribution is -0.113. The summed E-state index contributed by atoms with van der Waals surface area (Å²) < 4.78 is 72.7. The van der Waals surface area contributed by atoms with Crippen LogP contribution in [-0.2, 0) is 4.79 Å². The van der Waals surface area contributed by atoms with Gasteiger partial charge in [-0.05, 0) is 30.4 Å². The van der Waals surface area contributed by atoms with E-state index in [2.05, 4.69) is 5.32 Å². The number of anilines is 1. The van der Waals surface area contributed by atoms with E-state index in [0.29, 0.717) is 6.08 Å². The van der Waals surface area contributed by atoms with Crippen LogP contribution < -0.4 is 15.0 Å². The Morgan fingerprint density at radius 1 is 1.00 bits per heavy atom. The molecule has 0 aliphatic carbocycles. The first-order valence-electron chi connectivity index (χ1n) is 7.29. The Morgan fingerprint density at radius 2 is 1.56 bits per heavy atom. The zero-order valence-electron chi connectivity index (χ0n) is 13.4. The van der Waals surface area contributed by atoms with Crippen LogP contribution in [0, 0.1) is 29.1 Å². The molecule has 0 radical (unpaired) electrons. The number of nitrogens with one attached hydrogen (secondary N) is 1. The molecule has 1 saturated heterocycles. The first-order chi connectivity index (χ1) is 12.8. The van der Waals surface area contributed by atoms with Gasteiger partial charge in [-0.3, -0.25) is 4.79 Å². The van der Waals surface area contributed by atoms with Gasteiger partial charge < -0.3 is 10.1 Å². The summed E-state index contributed by atoms with van der Waals surface area (Å²) in [5.41, 5.74) is -1.48. The summed E-state index contributed by atoms with van der Waals surface area (Å²) in [5, 5.41) is 2.25. The summed E-state index contributed by atoms with van der Waals surface area (Å²) in [6.45, 7) is 0. The van der Waals surface area contributed by atoms with Gasteiger partial charge in [0.25, 0.3) is 5.91 Å². The average Bonchev–Trinajstić information content (AvgIpc) is 2.95. The van der Waals surface area contributed by atoms with E-state index < -0.39 is 46.3 Å². The first-order valence-corrected chi connectivity index (χ1v) is 7.70. The second kappa shape index (κ2) is 6.95. The topological polar surface area (TPSA) is 41.6 Å². The van der Waals surface area contributed by atoms with Crippen LogP contribution in [0.2, 0.25) is 0 Å². The number of thiocarbonyl (C=S) groups is 1. The molecule has 140 valence electrons. The minimum atomic E-state index is -2.29. The predicted octanol–water partition coefficient (Wildman–Crippen LogP) is 3.65. The maximum absolute atomic E-state index is 13.8. The molecule has 2 aromatic rings. The molecule has 0 spiro atoms. The first kappa shape index (κ1) is 18.8. The quantitative estimate of drug-likeness (QED) is 0.281. The molecular formula is C17H9F5N2O2S. The lowest BCUT2D eigenvalue weighted by Crippen LogP contribution is -2.30. The van der Waals surface area contributed by atoms with Gasteiger partial charge in [-0.2, -0.15) is 0 Å². The van der Waals surface area contributed by atoms with Crippen molar-refractivity contribution in [2.75, 3.05) is 12.0 Å². The summed E-state index contributed by atoms with van der Waals surface area (Å²) in [6, 6.07) is 6.30. The number of hydrogen-bond acceptors (Lipinski definition) is 3. The number of carbonyl (C=O) groups is 1. The van der Waals surface area contributed by atoms with Crippen LogP contribution in [0.25, 0.3) is 6.08 Å². The molecule has 1 heterocycles. The van der Waals surface area contributed by atoms with E-state index >= 15 is 0 Å². The number of rotatable bonds is 3. The van der Waals surface area contributed by atoms with Gasteiger partial charge in [0.2, 0.25) is 5.82 Å². The summed E-state index contributed by atoms with van der Waals surface area (Å²) in [4.78, 5) is 13.6. The minimum absolute atomic E-state index is 0.153. The monoisotopic (exact) mass is 400 g/mol. The Balaban J connectivity index is 2.09. The highest BCUT2D eigenvalue weighted by Crippen LogP contribution is 2.32. The third-order valence-corrected chi connectivity index (χ3v) is 4.02. The zero-order valence-corrected chi connectivity index (χ0v) is 14.3. The SMILES string of the molecule is COc1ccccc1N1C(=O)/C(=C\c2c(F)c(F)c(F)c(F)c2F)NC1=S. The molecule has 1 fully saturated rings. The molecule has 1 aliphatic rings. The molecule has 0 saturated carbocycles. The van der Waals surface area contributed by atoms with Crippen molar-refractivity contribution < 1.29 is 31.5 Å². The van der Waals surface area contributed by atoms with E-state index in [0.717, 1.165) is 4.90 Å². The summed E-state index contributed by atoms with van der Waals surface area (Å²) in [7, 11) is 1.36. The highest BCUT2D eigenvalue weighted by Gasteiger charge is 2.35. The van der Waals surface area contributed by atoms with E-state index in [-0.39, 0.29) is 16.5 Å². The van der Waals surface area contributed by atoms with Gasteiger partial charge in [0.15, 0.2) is 28.4 Å². The van der Waals surface area contributed by atoms with Crippen molar-refractivity contribution in [2.24, 2.45) is 0 Å². The standard InChI is InChI=1S/C17H9F5N2O2S/c1-26-10-5-3-2-4-9(10)24-16(25)8(23-17(24)27)6-7-11(18)13(20)15(22)14(21)12(7)19/h2-6H,1H3,(H,23,27)/b8-6+. The second-order valence-corrected chi connectivity index (χ2v) is 5.67. The van der Waals surface area contributed by atoms with Gasteiger partial charge in [-0.15, -0.1) is 0 Å². The number of methoxy groups -OCH3 is 1. The number of ether oxygens (including phenoxy) is 1.